The molecule has 3 nitrogen and oxygen atoms in total. The van der Waals surface area contributed by atoms with Crippen LogP contribution in [0.15, 0.2) is 60.9 Å². The van der Waals surface area contributed by atoms with E-state index in [4.69, 9.17) is 4.74 Å². The highest BCUT2D eigenvalue weighted by atomic mass is 16.5. The Labute approximate surface area is 178 Å². The van der Waals surface area contributed by atoms with Gasteiger partial charge in [0.05, 0.1) is 5.69 Å². The van der Waals surface area contributed by atoms with Crippen molar-refractivity contribution >= 4 is 5.97 Å². The molecule has 0 saturated heterocycles. The highest BCUT2D eigenvalue weighted by Crippen LogP contribution is 2.06. The van der Waals surface area contributed by atoms with Crippen molar-refractivity contribution in [2.75, 3.05) is 0 Å². The first-order valence-corrected chi connectivity index (χ1v) is 11.3. The number of hydrogen-bond acceptors (Lipinski definition) is 3. The van der Waals surface area contributed by atoms with Gasteiger partial charge < -0.3 is 4.74 Å². The van der Waals surface area contributed by atoms with Crippen molar-refractivity contribution in [3.05, 3.63) is 66.5 Å². The number of hydrogen-bond donors (Lipinski definition) is 0. The number of ether oxygens (including phenoxy) is 1. The van der Waals surface area contributed by atoms with Gasteiger partial charge in [-0.25, -0.2) is 0 Å². The minimum Gasteiger partial charge on any atom is -0.459 e. The smallest absolute Gasteiger partial charge is 0.306 e. The van der Waals surface area contributed by atoms with Crippen molar-refractivity contribution in [1.82, 2.24) is 4.98 Å². The Morgan fingerprint density at radius 3 is 2.10 bits per heavy atom. The lowest BCUT2D eigenvalue weighted by Crippen LogP contribution is -2.04. The first-order valence-electron chi connectivity index (χ1n) is 11.3. The fraction of sp³-hybridized carbons (Fsp3) is 0.538. The molecule has 1 rings (SSSR count). The predicted molar refractivity (Wildman–Crippen MR) is 123 cm³/mol. The van der Waals surface area contributed by atoms with Crippen LogP contribution in [0.2, 0.25) is 0 Å². The van der Waals surface area contributed by atoms with E-state index in [-0.39, 0.29) is 12.6 Å². The molecule has 3 heteroatoms. The van der Waals surface area contributed by atoms with E-state index in [0.717, 1.165) is 31.4 Å². The lowest BCUT2D eigenvalue weighted by molar-refractivity contribution is -0.145. The topological polar surface area (TPSA) is 39.2 Å². The number of carbonyl (C=O) groups excluding carboxylic acids is 1. The van der Waals surface area contributed by atoms with Gasteiger partial charge in [-0.05, 0) is 69.9 Å². The molecule has 0 aliphatic heterocycles. The zero-order valence-corrected chi connectivity index (χ0v) is 18.2. The van der Waals surface area contributed by atoms with E-state index >= 15 is 0 Å². The van der Waals surface area contributed by atoms with Gasteiger partial charge in [0, 0.05) is 12.6 Å². The van der Waals surface area contributed by atoms with Crippen LogP contribution >= 0.6 is 0 Å². The predicted octanol–water partition coefficient (Wildman–Crippen LogP) is 7.49. The summed E-state index contributed by atoms with van der Waals surface area (Å²) in [6, 6.07) is 5.60. The molecule has 1 heterocycles. The van der Waals surface area contributed by atoms with Crippen LogP contribution in [-0.4, -0.2) is 11.0 Å². The average Bonchev–Trinajstić information content (AvgIpc) is 2.75. The number of pyridine rings is 1. The third kappa shape index (κ3) is 16.5. The SMILES string of the molecule is CCCCC/C=C/C/C=C/CCCC/C=C/CCCC(=O)OCc1ccccn1. The second kappa shape index (κ2) is 19.2. The molecule has 0 saturated carbocycles. The quantitative estimate of drug-likeness (QED) is 0.155. The average molecular weight is 398 g/mol. The summed E-state index contributed by atoms with van der Waals surface area (Å²) in [7, 11) is 0. The minimum absolute atomic E-state index is 0.147. The maximum atomic E-state index is 11.7. The third-order valence-electron chi connectivity index (χ3n) is 4.60. The highest BCUT2D eigenvalue weighted by Gasteiger charge is 2.02. The van der Waals surface area contributed by atoms with Crippen LogP contribution in [0.1, 0.15) is 89.7 Å². The molecule has 0 amide bonds. The largest absolute Gasteiger partial charge is 0.459 e. The van der Waals surface area contributed by atoms with Crippen molar-refractivity contribution < 1.29 is 9.53 Å². The number of allylic oxidation sites excluding steroid dienone is 6. The van der Waals surface area contributed by atoms with E-state index in [2.05, 4.69) is 48.4 Å². The zero-order valence-electron chi connectivity index (χ0n) is 18.2. The van der Waals surface area contributed by atoms with Crippen molar-refractivity contribution in [3.63, 3.8) is 0 Å². The number of carbonyl (C=O) groups is 1. The van der Waals surface area contributed by atoms with Crippen LogP contribution in [0.3, 0.4) is 0 Å². The molecule has 0 aromatic carbocycles. The maximum absolute atomic E-state index is 11.7. The van der Waals surface area contributed by atoms with Crippen LogP contribution in [0.4, 0.5) is 0 Å². The fourth-order valence-corrected chi connectivity index (χ4v) is 2.85. The monoisotopic (exact) mass is 397 g/mol. The summed E-state index contributed by atoms with van der Waals surface area (Å²) < 4.78 is 5.22. The number of rotatable bonds is 17. The van der Waals surface area contributed by atoms with Gasteiger partial charge in [-0.3, -0.25) is 9.78 Å². The summed E-state index contributed by atoms with van der Waals surface area (Å²) in [5, 5.41) is 0. The molecule has 0 unspecified atom stereocenters. The minimum atomic E-state index is -0.147. The number of aromatic nitrogens is 1. The van der Waals surface area contributed by atoms with Crippen molar-refractivity contribution in [2.24, 2.45) is 0 Å². The maximum Gasteiger partial charge on any atom is 0.306 e. The van der Waals surface area contributed by atoms with Crippen molar-refractivity contribution in [3.8, 4) is 0 Å². The lowest BCUT2D eigenvalue weighted by atomic mass is 10.1. The lowest BCUT2D eigenvalue weighted by Gasteiger charge is -2.03. The fourth-order valence-electron chi connectivity index (χ4n) is 2.85. The molecule has 0 radical (unpaired) electrons. The van der Waals surface area contributed by atoms with E-state index < -0.39 is 0 Å². The van der Waals surface area contributed by atoms with Gasteiger partial charge in [0.25, 0.3) is 0 Å². The molecule has 1 aromatic rings. The van der Waals surface area contributed by atoms with Crippen LogP contribution in [0, 0.1) is 0 Å². The van der Waals surface area contributed by atoms with Gasteiger partial charge >= 0.3 is 5.97 Å². The van der Waals surface area contributed by atoms with Crippen LogP contribution in [0.25, 0.3) is 0 Å². The standard InChI is InChI=1S/C26H39NO2/c1-2-3-4-5-6-7-8-9-10-11-12-13-14-15-16-17-18-22-26(28)29-24-25-21-19-20-23-27-25/h6-7,9-10,15-16,19-21,23H,2-5,8,11-14,17-18,22,24H2,1H3/b7-6+,10-9+,16-15+. The van der Waals surface area contributed by atoms with Gasteiger partial charge in [0.2, 0.25) is 0 Å². The first kappa shape index (κ1) is 24.9. The van der Waals surface area contributed by atoms with Gasteiger partial charge in [-0.1, -0.05) is 62.3 Å². The van der Waals surface area contributed by atoms with E-state index in [1.54, 1.807) is 6.20 Å². The Morgan fingerprint density at radius 2 is 1.48 bits per heavy atom. The van der Waals surface area contributed by atoms with Gasteiger partial charge in [0.1, 0.15) is 6.61 Å². The van der Waals surface area contributed by atoms with Crippen LogP contribution in [0.5, 0.6) is 0 Å². The van der Waals surface area contributed by atoms with E-state index in [9.17, 15) is 4.79 Å². The number of unbranched alkanes of at least 4 members (excludes halogenated alkanes) is 7. The van der Waals surface area contributed by atoms with Gasteiger partial charge in [0.15, 0.2) is 0 Å². The molecule has 0 aliphatic rings. The van der Waals surface area contributed by atoms with Crippen molar-refractivity contribution in [2.45, 2.75) is 90.6 Å². The summed E-state index contributed by atoms with van der Waals surface area (Å²) in [5.74, 6) is -0.147. The summed E-state index contributed by atoms with van der Waals surface area (Å²) in [6.07, 6.45) is 28.5. The number of nitrogens with zero attached hydrogens (tertiary/aromatic N) is 1. The number of esters is 1. The zero-order chi connectivity index (χ0) is 20.8. The van der Waals surface area contributed by atoms with Gasteiger partial charge in [-0.15, -0.1) is 0 Å². The van der Waals surface area contributed by atoms with Crippen LogP contribution < -0.4 is 0 Å². The molecular weight excluding hydrogens is 358 g/mol. The summed E-state index contributed by atoms with van der Waals surface area (Å²) in [5.41, 5.74) is 0.787. The third-order valence-corrected chi connectivity index (χ3v) is 4.60. The Hall–Kier alpha value is -2.16. The molecular formula is C26H39NO2. The molecule has 0 fully saturated rings. The summed E-state index contributed by atoms with van der Waals surface area (Å²) in [4.78, 5) is 15.8. The summed E-state index contributed by atoms with van der Waals surface area (Å²) >= 11 is 0. The second-order valence-corrected chi connectivity index (χ2v) is 7.30. The van der Waals surface area contributed by atoms with Crippen molar-refractivity contribution in [1.29, 1.82) is 0 Å². The Morgan fingerprint density at radius 1 is 0.862 bits per heavy atom. The summed E-state index contributed by atoms with van der Waals surface area (Å²) in [6.45, 7) is 2.51. The molecule has 0 aliphatic carbocycles. The van der Waals surface area contributed by atoms with Gasteiger partial charge in [-0.2, -0.15) is 0 Å². The Kier molecular flexibility index (Phi) is 16.4. The van der Waals surface area contributed by atoms with Crippen LogP contribution in [-0.2, 0) is 16.1 Å². The second-order valence-electron chi connectivity index (χ2n) is 7.30. The van der Waals surface area contributed by atoms with E-state index in [1.807, 2.05) is 18.2 Å². The molecule has 29 heavy (non-hydrogen) atoms. The molecule has 0 bridgehead atoms. The Bertz CT molecular complexity index is 590. The Balaban J connectivity index is 1.87. The molecule has 160 valence electrons. The molecule has 0 atom stereocenters. The first-order chi connectivity index (χ1) is 14.3. The normalized spacial score (nSPS) is 11.8. The van der Waals surface area contributed by atoms with E-state index in [1.165, 1.54) is 44.9 Å². The molecule has 1 aromatic heterocycles. The molecule has 0 N–H and O–H groups in total. The van der Waals surface area contributed by atoms with E-state index in [0.29, 0.717) is 6.42 Å². The molecule has 0 spiro atoms. The highest BCUT2D eigenvalue weighted by molar-refractivity contribution is 5.69.